The minimum absolute atomic E-state index is 0.187. The van der Waals surface area contributed by atoms with Gasteiger partial charge in [-0.3, -0.25) is 4.79 Å². The van der Waals surface area contributed by atoms with Crippen molar-refractivity contribution in [3.63, 3.8) is 0 Å². The van der Waals surface area contributed by atoms with Crippen LogP contribution in [0.4, 0.5) is 0 Å². The van der Waals surface area contributed by atoms with Gasteiger partial charge in [0.05, 0.1) is 6.04 Å². The number of nitrogens with two attached hydrogens (primary N) is 1. The second-order valence-electron chi connectivity index (χ2n) is 4.81. The molecule has 0 bridgehead atoms. The van der Waals surface area contributed by atoms with Crippen LogP contribution in [0.3, 0.4) is 0 Å². The van der Waals surface area contributed by atoms with Crippen molar-refractivity contribution in [1.29, 1.82) is 0 Å². The lowest BCUT2D eigenvalue weighted by Gasteiger charge is -2.12. The molecule has 1 aromatic heterocycles. The summed E-state index contributed by atoms with van der Waals surface area (Å²) in [6.07, 6.45) is 1.08. The zero-order valence-corrected chi connectivity index (χ0v) is 12.3. The van der Waals surface area contributed by atoms with Crippen molar-refractivity contribution >= 4 is 17.2 Å². The molecule has 0 aliphatic rings. The van der Waals surface area contributed by atoms with Crippen molar-refractivity contribution in [2.24, 2.45) is 5.73 Å². The largest absolute Gasteiger partial charge is 0.504 e. The number of hydrogen-bond donors (Lipinski definition) is 4. The van der Waals surface area contributed by atoms with Gasteiger partial charge in [0.1, 0.15) is 0 Å². The van der Waals surface area contributed by atoms with Gasteiger partial charge in [-0.2, -0.15) is 11.3 Å². The number of nitrogens with one attached hydrogen (secondary N) is 1. The molecule has 112 valence electrons. The molecule has 6 heteroatoms. The molecule has 2 rings (SSSR count). The van der Waals surface area contributed by atoms with E-state index in [1.807, 2.05) is 16.8 Å². The van der Waals surface area contributed by atoms with Gasteiger partial charge in [-0.1, -0.05) is 6.07 Å². The number of aromatic hydroxyl groups is 2. The number of phenols is 2. The number of phenolic OH excluding ortho intramolecular Hbond substituents is 2. The molecule has 2 aromatic rings. The summed E-state index contributed by atoms with van der Waals surface area (Å²) in [5.41, 5.74) is 7.73. The Balaban J connectivity index is 1.80. The van der Waals surface area contributed by atoms with Crippen molar-refractivity contribution in [2.75, 3.05) is 6.54 Å². The van der Waals surface area contributed by atoms with Crippen LogP contribution in [0.15, 0.2) is 35.0 Å². The molecule has 5 N–H and O–H groups in total. The normalized spacial score (nSPS) is 12.0. The molecule has 1 amide bonds. The third-order valence-corrected chi connectivity index (χ3v) is 3.86. The van der Waals surface area contributed by atoms with E-state index in [1.54, 1.807) is 17.4 Å². The molecule has 0 spiro atoms. The molecule has 1 atom stereocenters. The average Bonchev–Trinajstić information content (AvgIpc) is 2.96. The fourth-order valence-corrected chi connectivity index (χ4v) is 2.64. The highest BCUT2D eigenvalue weighted by Gasteiger charge is 2.14. The molecule has 1 aromatic carbocycles. The highest BCUT2D eigenvalue weighted by molar-refractivity contribution is 7.07. The summed E-state index contributed by atoms with van der Waals surface area (Å²) in [4.78, 5) is 11.9. The van der Waals surface area contributed by atoms with Crippen molar-refractivity contribution in [3.05, 3.63) is 46.2 Å². The first kappa shape index (κ1) is 15.3. The number of carbonyl (C=O) groups is 1. The van der Waals surface area contributed by atoms with Crippen LogP contribution >= 0.6 is 11.3 Å². The molecule has 0 aliphatic carbocycles. The maximum atomic E-state index is 11.9. The van der Waals surface area contributed by atoms with Gasteiger partial charge in [0.15, 0.2) is 11.5 Å². The quantitative estimate of drug-likeness (QED) is 0.606. The lowest BCUT2D eigenvalue weighted by molar-refractivity contribution is -0.122. The van der Waals surface area contributed by atoms with Crippen LogP contribution in [-0.2, 0) is 17.6 Å². The van der Waals surface area contributed by atoms with Crippen LogP contribution in [0.25, 0.3) is 0 Å². The Bertz CT molecular complexity index is 599. The summed E-state index contributed by atoms with van der Waals surface area (Å²) in [6.45, 7) is 0.546. The maximum Gasteiger partial charge on any atom is 0.237 e. The number of amides is 1. The van der Waals surface area contributed by atoms with Crippen LogP contribution in [0.1, 0.15) is 11.1 Å². The van der Waals surface area contributed by atoms with Gasteiger partial charge in [-0.25, -0.2) is 0 Å². The molecule has 1 heterocycles. The molecular formula is C15H18N2O3S. The van der Waals surface area contributed by atoms with E-state index >= 15 is 0 Å². The smallest absolute Gasteiger partial charge is 0.237 e. The molecule has 0 saturated heterocycles. The average molecular weight is 306 g/mol. The van der Waals surface area contributed by atoms with Crippen LogP contribution in [-0.4, -0.2) is 28.7 Å². The Morgan fingerprint density at radius 1 is 1.24 bits per heavy atom. The minimum atomic E-state index is -0.684. The molecular weight excluding hydrogens is 288 g/mol. The molecule has 0 fully saturated rings. The molecule has 0 unspecified atom stereocenters. The molecule has 0 aliphatic heterocycles. The molecule has 0 saturated carbocycles. The van der Waals surface area contributed by atoms with Gasteiger partial charge in [-0.05, 0) is 52.9 Å². The molecule has 0 radical (unpaired) electrons. The van der Waals surface area contributed by atoms with E-state index < -0.39 is 6.04 Å². The summed E-state index contributed by atoms with van der Waals surface area (Å²) >= 11 is 1.63. The first-order chi connectivity index (χ1) is 10.1. The zero-order valence-electron chi connectivity index (χ0n) is 11.5. The van der Waals surface area contributed by atoms with E-state index in [0.717, 1.165) is 6.42 Å². The van der Waals surface area contributed by atoms with Crippen LogP contribution in [0, 0.1) is 0 Å². The SMILES string of the molecule is N[C@@H](Cc1ccc(O)c(O)c1)C(=O)NCCc1ccsc1. The predicted molar refractivity (Wildman–Crippen MR) is 82.5 cm³/mol. The fourth-order valence-electron chi connectivity index (χ4n) is 1.94. The van der Waals surface area contributed by atoms with E-state index in [2.05, 4.69) is 5.32 Å². The number of thiophene rings is 1. The van der Waals surface area contributed by atoms with Gasteiger partial charge < -0.3 is 21.3 Å². The van der Waals surface area contributed by atoms with E-state index in [9.17, 15) is 15.0 Å². The van der Waals surface area contributed by atoms with Crippen LogP contribution in [0.2, 0.25) is 0 Å². The van der Waals surface area contributed by atoms with Crippen molar-refractivity contribution in [3.8, 4) is 11.5 Å². The van der Waals surface area contributed by atoms with Gasteiger partial charge in [0, 0.05) is 6.54 Å². The second kappa shape index (κ2) is 7.10. The number of carbonyl (C=O) groups excluding carboxylic acids is 1. The zero-order chi connectivity index (χ0) is 15.2. The topological polar surface area (TPSA) is 95.6 Å². The fraction of sp³-hybridized carbons (Fsp3) is 0.267. The standard InChI is InChI=1S/C15H18N2O3S/c16-12(7-11-1-2-13(18)14(19)8-11)15(20)17-5-3-10-4-6-21-9-10/h1-2,4,6,8-9,12,18-19H,3,5,7,16H2,(H,17,20)/t12-/m0/s1. The highest BCUT2D eigenvalue weighted by atomic mass is 32.1. The Morgan fingerprint density at radius 2 is 2.05 bits per heavy atom. The summed E-state index contributed by atoms with van der Waals surface area (Å²) in [5, 5.41) is 25.5. The molecule has 5 nitrogen and oxygen atoms in total. The second-order valence-corrected chi connectivity index (χ2v) is 5.59. The van der Waals surface area contributed by atoms with Gasteiger partial charge in [0.25, 0.3) is 0 Å². The third kappa shape index (κ3) is 4.47. The van der Waals surface area contributed by atoms with Crippen LogP contribution < -0.4 is 11.1 Å². The van der Waals surface area contributed by atoms with Crippen LogP contribution in [0.5, 0.6) is 11.5 Å². The number of rotatable bonds is 6. The summed E-state index contributed by atoms with van der Waals surface area (Å²) in [5.74, 6) is -0.622. The Kier molecular flexibility index (Phi) is 5.19. The van der Waals surface area contributed by atoms with Crippen molar-refractivity contribution < 1.29 is 15.0 Å². The maximum absolute atomic E-state index is 11.9. The third-order valence-electron chi connectivity index (χ3n) is 3.13. The number of benzene rings is 1. The van der Waals surface area contributed by atoms with Gasteiger partial charge in [-0.15, -0.1) is 0 Å². The van der Waals surface area contributed by atoms with Crippen molar-refractivity contribution in [2.45, 2.75) is 18.9 Å². The summed E-state index contributed by atoms with van der Waals surface area (Å²) < 4.78 is 0. The van der Waals surface area contributed by atoms with E-state index in [4.69, 9.17) is 5.73 Å². The summed E-state index contributed by atoms with van der Waals surface area (Å²) in [7, 11) is 0. The first-order valence-electron chi connectivity index (χ1n) is 6.61. The lowest BCUT2D eigenvalue weighted by Crippen LogP contribution is -2.42. The van der Waals surface area contributed by atoms with Crippen molar-refractivity contribution in [1.82, 2.24) is 5.32 Å². The number of hydrogen-bond acceptors (Lipinski definition) is 5. The van der Waals surface area contributed by atoms with E-state index in [1.165, 1.54) is 17.7 Å². The predicted octanol–water partition coefficient (Wildman–Crippen LogP) is 1.39. The van der Waals surface area contributed by atoms with Gasteiger partial charge in [0.2, 0.25) is 5.91 Å². The van der Waals surface area contributed by atoms with E-state index in [0.29, 0.717) is 18.5 Å². The molecule has 21 heavy (non-hydrogen) atoms. The Labute approximate surface area is 127 Å². The van der Waals surface area contributed by atoms with E-state index in [-0.39, 0.29) is 17.4 Å². The van der Waals surface area contributed by atoms with Gasteiger partial charge >= 0.3 is 0 Å². The minimum Gasteiger partial charge on any atom is -0.504 e. The lowest BCUT2D eigenvalue weighted by atomic mass is 10.1. The first-order valence-corrected chi connectivity index (χ1v) is 7.56. The summed E-state index contributed by atoms with van der Waals surface area (Å²) in [6, 6.07) is 5.76. The Hall–Kier alpha value is -2.05. The highest BCUT2D eigenvalue weighted by Crippen LogP contribution is 2.25. The Morgan fingerprint density at radius 3 is 2.71 bits per heavy atom. The monoisotopic (exact) mass is 306 g/mol.